The van der Waals surface area contributed by atoms with Gasteiger partial charge in [0.2, 0.25) is 0 Å². The van der Waals surface area contributed by atoms with Crippen molar-refractivity contribution in [2.45, 2.75) is 12.3 Å². The Hall–Kier alpha value is 0.1000. The minimum absolute atomic E-state index is 0.297. The van der Waals surface area contributed by atoms with Gasteiger partial charge in [0, 0.05) is 10.4 Å². The Morgan fingerprint density at radius 1 is 1.35 bits per heavy atom. The van der Waals surface area contributed by atoms with Crippen molar-refractivity contribution in [3.63, 3.8) is 0 Å². The van der Waals surface area contributed by atoms with Gasteiger partial charge < -0.3 is 0 Å². The van der Waals surface area contributed by atoms with E-state index in [1.54, 1.807) is 18.2 Å². The molecule has 17 heavy (non-hydrogen) atoms. The highest BCUT2D eigenvalue weighted by Gasteiger charge is 2.19. The van der Waals surface area contributed by atoms with Gasteiger partial charge in [-0.1, -0.05) is 12.1 Å². The Labute approximate surface area is 125 Å². The van der Waals surface area contributed by atoms with Gasteiger partial charge >= 0.3 is 0 Å². The van der Waals surface area contributed by atoms with Gasteiger partial charge in [0.1, 0.15) is 5.82 Å². The molecule has 2 rings (SSSR count). The van der Waals surface area contributed by atoms with Crippen molar-refractivity contribution < 1.29 is 4.39 Å². The van der Waals surface area contributed by atoms with Gasteiger partial charge in [0.25, 0.3) is 0 Å². The molecule has 90 valence electrons. The van der Waals surface area contributed by atoms with Crippen LogP contribution in [0.2, 0.25) is 0 Å². The van der Waals surface area contributed by atoms with Crippen LogP contribution in [-0.4, -0.2) is 0 Å². The van der Waals surface area contributed by atoms with Crippen LogP contribution in [0.1, 0.15) is 21.4 Å². The molecule has 0 radical (unpaired) electrons. The lowest BCUT2D eigenvalue weighted by molar-refractivity contribution is 0.606. The van der Waals surface area contributed by atoms with Crippen LogP contribution in [0.5, 0.6) is 0 Å². The van der Waals surface area contributed by atoms with Crippen molar-refractivity contribution in [3.05, 3.63) is 54.3 Å². The minimum atomic E-state index is -0.456. The highest BCUT2D eigenvalue weighted by atomic mass is 79.9. The minimum Gasteiger partial charge on any atom is -0.205 e. The molecule has 0 spiro atoms. The van der Waals surface area contributed by atoms with Crippen LogP contribution in [0.15, 0.2) is 32.5 Å². The monoisotopic (exact) mass is 396 g/mol. The Balaban J connectivity index is 2.43. The van der Waals surface area contributed by atoms with Gasteiger partial charge in [-0.05, 0) is 56.5 Å². The van der Waals surface area contributed by atoms with E-state index in [0.29, 0.717) is 10.0 Å². The molecule has 5 heteroatoms. The van der Waals surface area contributed by atoms with E-state index in [2.05, 4.69) is 31.9 Å². The van der Waals surface area contributed by atoms with E-state index in [4.69, 9.17) is 11.6 Å². The van der Waals surface area contributed by atoms with Crippen molar-refractivity contribution >= 4 is 54.8 Å². The second-order valence-electron chi connectivity index (χ2n) is 3.61. The predicted molar refractivity (Wildman–Crippen MR) is 78.6 cm³/mol. The highest BCUT2D eigenvalue weighted by molar-refractivity contribution is 9.11. The highest BCUT2D eigenvalue weighted by Crippen LogP contribution is 2.39. The average Bonchev–Trinajstić information content (AvgIpc) is 2.62. The normalized spacial score (nSPS) is 12.8. The zero-order valence-corrected chi connectivity index (χ0v) is 13.6. The molecule has 2 aromatic rings. The first-order valence-corrected chi connectivity index (χ1v) is 7.68. The molecule has 0 aliphatic carbocycles. The Morgan fingerprint density at radius 3 is 2.65 bits per heavy atom. The number of aryl methyl sites for hydroxylation is 1. The molecule has 0 amide bonds. The summed E-state index contributed by atoms with van der Waals surface area (Å²) in [4.78, 5) is 0.938. The summed E-state index contributed by atoms with van der Waals surface area (Å²) in [5, 5.41) is -0.456. The summed E-state index contributed by atoms with van der Waals surface area (Å²) in [5.74, 6) is -0.297. The molecule has 0 saturated heterocycles. The predicted octanol–water partition coefficient (Wildman–Crippen LogP) is 6.05. The van der Waals surface area contributed by atoms with E-state index in [1.807, 2.05) is 13.0 Å². The van der Waals surface area contributed by atoms with Gasteiger partial charge in [-0.15, -0.1) is 22.9 Å². The zero-order valence-electron chi connectivity index (χ0n) is 8.81. The maximum absolute atomic E-state index is 13.9. The first-order chi connectivity index (χ1) is 8.00. The van der Waals surface area contributed by atoms with E-state index in [0.717, 1.165) is 14.2 Å². The molecule has 1 unspecified atom stereocenters. The van der Waals surface area contributed by atoms with E-state index >= 15 is 0 Å². The van der Waals surface area contributed by atoms with Crippen molar-refractivity contribution in [2.75, 3.05) is 0 Å². The van der Waals surface area contributed by atoms with Gasteiger partial charge in [-0.2, -0.15) is 0 Å². The summed E-state index contributed by atoms with van der Waals surface area (Å²) in [6.45, 7) is 1.99. The number of benzene rings is 1. The van der Waals surface area contributed by atoms with Crippen LogP contribution in [0.4, 0.5) is 4.39 Å². The summed E-state index contributed by atoms with van der Waals surface area (Å²) in [5.41, 5.74) is 1.61. The van der Waals surface area contributed by atoms with E-state index < -0.39 is 5.38 Å². The molecule has 1 atom stereocenters. The van der Waals surface area contributed by atoms with Crippen LogP contribution in [0.3, 0.4) is 0 Å². The quantitative estimate of drug-likeness (QED) is 0.540. The number of alkyl halides is 1. The van der Waals surface area contributed by atoms with E-state index in [1.165, 1.54) is 11.3 Å². The second-order valence-corrected chi connectivity index (χ2v) is 7.30. The molecule has 0 nitrogen and oxygen atoms in total. The number of halogens is 4. The van der Waals surface area contributed by atoms with E-state index in [9.17, 15) is 4.39 Å². The third-order valence-electron chi connectivity index (χ3n) is 2.38. The lowest BCUT2D eigenvalue weighted by atomic mass is 10.1. The molecule has 0 aliphatic heterocycles. The van der Waals surface area contributed by atoms with Gasteiger partial charge in [-0.25, -0.2) is 4.39 Å². The Kier molecular flexibility index (Phi) is 4.29. The summed E-state index contributed by atoms with van der Waals surface area (Å²) >= 11 is 14.5. The van der Waals surface area contributed by atoms with Crippen LogP contribution >= 0.6 is 54.8 Å². The smallest absolute Gasteiger partial charge is 0.142 e. The molecule has 0 N–H and O–H groups in total. The molecule has 1 aromatic heterocycles. The lowest BCUT2D eigenvalue weighted by Crippen LogP contribution is -1.95. The number of hydrogen-bond acceptors (Lipinski definition) is 1. The maximum atomic E-state index is 13.9. The topological polar surface area (TPSA) is 0 Å². The lowest BCUT2D eigenvalue weighted by Gasteiger charge is -2.09. The molecule has 0 saturated carbocycles. The fraction of sp³-hybridized carbons (Fsp3) is 0.167. The SMILES string of the molecule is Cc1cc(C(Cl)c2cccc(Br)c2F)sc1Br. The van der Waals surface area contributed by atoms with Crippen molar-refractivity contribution in [1.82, 2.24) is 0 Å². The van der Waals surface area contributed by atoms with Crippen molar-refractivity contribution in [1.29, 1.82) is 0 Å². The van der Waals surface area contributed by atoms with Crippen molar-refractivity contribution in [2.24, 2.45) is 0 Å². The number of rotatable bonds is 2. The Morgan fingerprint density at radius 2 is 2.06 bits per heavy atom. The molecule has 0 aliphatic rings. The molecule has 1 aromatic carbocycles. The maximum Gasteiger partial charge on any atom is 0.142 e. The largest absolute Gasteiger partial charge is 0.205 e. The molecule has 0 fully saturated rings. The number of hydrogen-bond donors (Lipinski definition) is 0. The molecule has 1 heterocycles. The second kappa shape index (κ2) is 5.39. The first kappa shape index (κ1) is 13.5. The van der Waals surface area contributed by atoms with Crippen molar-refractivity contribution in [3.8, 4) is 0 Å². The zero-order chi connectivity index (χ0) is 12.6. The summed E-state index contributed by atoms with van der Waals surface area (Å²) < 4.78 is 15.4. The third kappa shape index (κ3) is 2.75. The van der Waals surface area contributed by atoms with Gasteiger partial charge in [0.15, 0.2) is 0 Å². The fourth-order valence-electron chi connectivity index (χ4n) is 1.48. The summed E-state index contributed by atoms with van der Waals surface area (Å²) in [7, 11) is 0. The molecule has 0 bridgehead atoms. The summed E-state index contributed by atoms with van der Waals surface area (Å²) in [6, 6.07) is 7.14. The molecular formula is C12H8Br2ClFS. The average molecular weight is 399 g/mol. The molecular weight excluding hydrogens is 390 g/mol. The van der Waals surface area contributed by atoms with Gasteiger partial charge in [-0.3, -0.25) is 0 Å². The fourth-order valence-corrected chi connectivity index (χ4v) is 3.79. The Bertz CT molecular complexity index is 534. The van der Waals surface area contributed by atoms with Crippen LogP contribution in [-0.2, 0) is 0 Å². The third-order valence-corrected chi connectivity index (χ3v) is 5.79. The van der Waals surface area contributed by atoms with Crippen LogP contribution < -0.4 is 0 Å². The standard InChI is InChI=1S/C12H8Br2ClFS/c1-6-5-9(17-12(6)14)10(15)7-3-2-4-8(13)11(7)16/h2-5,10H,1H3. The van der Waals surface area contributed by atoms with Crippen LogP contribution in [0, 0.1) is 12.7 Å². The van der Waals surface area contributed by atoms with Gasteiger partial charge in [0.05, 0.1) is 13.6 Å². The van der Waals surface area contributed by atoms with E-state index in [-0.39, 0.29) is 5.82 Å². The van der Waals surface area contributed by atoms with Crippen LogP contribution in [0.25, 0.3) is 0 Å². The summed E-state index contributed by atoms with van der Waals surface area (Å²) in [6.07, 6.45) is 0. The number of thiophene rings is 1. The first-order valence-electron chi connectivity index (χ1n) is 4.84.